The third kappa shape index (κ3) is 3.48. The maximum Gasteiger partial charge on any atom is 0.264 e. The molecule has 3 rings (SSSR count). The zero-order valence-electron chi connectivity index (χ0n) is 13.0. The first-order valence-electron chi connectivity index (χ1n) is 7.06. The fourth-order valence-electron chi connectivity index (χ4n) is 2.19. The molecule has 0 unspecified atom stereocenters. The van der Waals surface area contributed by atoms with Gasteiger partial charge in [-0.2, -0.15) is 0 Å². The Balaban J connectivity index is 1.81. The van der Waals surface area contributed by atoms with Crippen molar-refractivity contribution in [3.63, 3.8) is 0 Å². The monoisotopic (exact) mass is 328 g/mol. The van der Waals surface area contributed by atoms with Crippen LogP contribution in [-0.2, 0) is 4.79 Å². The number of benzene rings is 1. The van der Waals surface area contributed by atoms with Gasteiger partial charge in [-0.15, -0.1) is 0 Å². The fourth-order valence-corrected chi connectivity index (χ4v) is 3.02. The van der Waals surface area contributed by atoms with Gasteiger partial charge in [-0.25, -0.2) is 4.99 Å². The van der Waals surface area contributed by atoms with Crippen molar-refractivity contribution in [2.45, 2.75) is 13.8 Å². The van der Waals surface area contributed by atoms with E-state index in [4.69, 9.17) is 9.15 Å². The van der Waals surface area contributed by atoms with Gasteiger partial charge in [-0.05, 0) is 62.0 Å². The van der Waals surface area contributed by atoms with Gasteiger partial charge in [-0.3, -0.25) is 4.79 Å². The molecule has 6 heteroatoms. The number of nitrogens with zero attached hydrogens (tertiary/aromatic N) is 1. The number of rotatable bonds is 3. The van der Waals surface area contributed by atoms with Crippen LogP contribution in [0.5, 0.6) is 5.75 Å². The molecule has 0 spiro atoms. The number of hydrogen-bond acceptors (Lipinski definition) is 5. The van der Waals surface area contributed by atoms with Crippen molar-refractivity contribution in [3.05, 3.63) is 52.3 Å². The SMILES string of the molecule is COc1ccc(N=C2NC(=O)/C(=C/c3cc(C)oc3C)S2)cc1. The molecule has 1 aliphatic heterocycles. The number of thioether (sulfide) groups is 1. The Kier molecular flexibility index (Phi) is 4.25. The Morgan fingerprint density at radius 3 is 2.61 bits per heavy atom. The number of furan rings is 1. The van der Waals surface area contributed by atoms with Crippen molar-refractivity contribution in [2.24, 2.45) is 4.99 Å². The summed E-state index contributed by atoms with van der Waals surface area (Å²) in [7, 11) is 1.62. The predicted octanol–water partition coefficient (Wildman–Crippen LogP) is 3.80. The van der Waals surface area contributed by atoms with E-state index in [0.717, 1.165) is 28.5 Å². The van der Waals surface area contributed by atoms with E-state index in [-0.39, 0.29) is 5.91 Å². The Hall–Kier alpha value is -2.47. The van der Waals surface area contributed by atoms with Crippen molar-refractivity contribution >= 4 is 34.6 Å². The van der Waals surface area contributed by atoms with Gasteiger partial charge in [0, 0.05) is 5.56 Å². The van der Waals surface area contributed by atoms with Crippen LogP contribution in [0.4, 0.5) is 5.69 Å². The van der Waals surface area contributed by atoms with Crippen LogP contribution in [-0.4, -0.2) is 18.2 Å². The number of amidine groups is 1. The van der Waals surface area contributed by atoms with Crippen LogP contribution in [0, 0.1) is 13.8 Å². The zero-order valence-corrected chi connectivity index (χ0v) is 13.9. The zero-order chi connectivity index (χ0) is 16.4. The van der Waals surface area contributed by atoms with Gasteiger partial charge in [0.05, 0.1) is 17.7 Å². The summed E-state index contributed by atoms with van der Waals surface area (Å²) in [5.41, 5.74) is 1.66. The number of nitrogens with one attached hydrogen (secondary N) is 1. The van der Waals surface area contributed by atoms with Gasteiger partial charge < -0.3 is 14.5 Å². The van der Waals surface area contributed by atoms with Gasteiger partial charge in [0.25, 0.3) is 5.91 Å². The van der Waals surface area contributed by atoms with E-state index in [2.05, 4.69) is 10.3 Å². The van der Waals surface area contributed by atoms with Crippen molar-refractivity contribution in [1.82, 2.24) is 5.32 Å². The molecule has 1 fully saturated rings. The van der Waals surface area contributed by atoms with Crippen LogP contribution >= 0.6 is 11.8 Å². The van der Waals surface area contributed by atoms with E-state index >= 15 is 0 Å². The summed E-state index contributed by atoms with van der Waals surface area (Å²) < 4.78 is 10.6. The molecule has 1 aromatic heterocycles. The molecule has 1 saturated heterocycles. The number of aliphatic imine (C=N–C) groups is 1. The predicted molar refractivity (Wildman–Crippen MR) is 92.0 cm³/mol. The van der Waals surface area contributed by atoms with Crippen LogP contribution in [0.1, 0.15) is 17.1 Å². The number of ether oxygens (including phenoxy) is 1. The molecule has 0 radical (unpaired) electrons. The maximum absolute atomic E-state index is 12.1. The number of hydrogen-bond donors (Lipinski definition) is 1. The molecule has 118 valence electrons. The van der Waals surface area contributed by atoms with Crippen LogP contribution in [0.15, 0.2) is 44.6 Å². The van der Waals surface area contributed by atoms with Crippen LogP contribution in [0.3, 0.4) is 0 Å². The number of carbonyl (C=O) groups is 1. The average Bonchev–Trinajstić information content (AvgIpc) is 3.02. The molecule has 1 aliphatic rings. The standard InChI is InChI=1S/C17H16N2O3S/c1-10-8-12(11(2)22-10)9-15-16(20)19-17(23-15)18-13-4-6-14(21-3)7-5-13/h4-9H,1-3H3,(H,18,19,20)/b15-9-. The lowest BCUT2D eigenvalue weighted by Crippen LogP contribution is -2.19. The molecular formula is C17H16N2O3S. The molecule has 2 aromatic rings. The van der Waals surface area contributed by atoms with E-state index in [1.165, 1.54) is 11.8 Å². The number of amides is 1. The topological polar surface area (TPSA) is 63.8 Å². The van der Waals surface area contributed by atoms with Gasteiger partial charge in [-0.1, -0.05) is 0 Å². The maximum atomic E-state index is 12.1. The van der Waals surface area contributed by atoms with Gasteiger partial charge in [0.2, 0.25) is 0 Å². The summed E-state index contributed by atoms with van der Waals surface area (Å²) >= 11 is 1.31. The molecule has 0 saturated carbocycles. The number of aryl methyl sites for hydroxylation is 2. The van der Waals surface area contributed by atoms with Crippen LogP contribution in [0.2, 0.25) is 0 Å². The minimum atomic E-state index is -0.152. The second kappa shape index (κ2) is 6.34. The summed E-state index contributed by atoms with van der Waals surface area (Å²) in [6.07, 6.45) is 1.82. The summed E-state index contributed by atoms with van der Waals surface area (Å²) in [5, 5.41) is 3.33. The summed E-state index contributed by atoms with van der Waals surface area (Å²) in [4.78, 5) is 17.1. The Morgan fingerprint density at radius 1 is 1.26 bits per heavy atom. The lowest BCUT2D eigenvalue weighted by Gasteiger charge is -1.99. The van der Waals surface area contributed by atoms with E-state index in [0.29, 0.717) is 10.1 Å². The first-order chi connectivity index (χ1) is 11.0. The Morgan fingerprint density at radius 2 is 2.00 bits per heavy atom. The molecule has 1 amide bonds. The van der Waals surface area contributed by atoms with Crippen molar-refractivity contribution in [1.29, 1.82) is 0 Å². The van der Waals surface area contributed by atoms with Gasteiger partial charge in [0.1, 0.15) is 17.3 Å². The quantitative estimate of drug-likeness (QED) is 0.871. The van der Waals surface area contributed by atoms with E-state index in [1.54, 1.807) is 7.11 Å². The summed E-state index contributed by atoms with van der Waals surface area (Å²) in [6, 6.07) is 9.24. The van der Waals surface area contributed by atoms with E-state index in [1.807, 2.05) is 50.3 Å². The molecule has 1 N–H and O–H groups in total. The number of carbonyl (C=O) groups excluding carboxylic acids is 1. The third-order valence-electron chi connectivity index (χ3n) is 3.32. The normalized spacial score (nSPS) is 17.8. The van der Waals surface area contributed by atoms with Gasteiger partial charge >= 0.3 is 0 Å². The third-order valence-corrected chi connectivity index (χ3v) is 4.23. The largest absolute Gasteiger partial charge is 0.497 e. The highest BCUT2D eigenvalue weighted by Crippen LogP contribution is 2.29. The summed E-state index contributed by atoms with van der Waals surface area (Å²) in [6.45, 7) is 3.76. The highest BCUT2D eigenvalue weighted by Gasteiger charge is 2.24. The molecule has 2 heterocycles. The molecule has 0 bridgehead atoms. The first-order valence-corrected chi connectivity index (χ1v) is 7.87. The van der Waals surface area contributed by atoms with Gasteiger partial charge in [0.15, 0.2) is 5.17 Å². The Labute approximate surface area is 138 Å². The molecule has 0 atom stereocenters. The van der Waals surface area contributed by atoms with Crippen LogP contribution < -0.4 is 10.1 Å². The van der Waals surface area contributed by atoms with Crippen molar-refractivity contribution in [2.75, 3.05) is 7.11 Å². The molecule has 23 heavy (non-hydrogen) atoms. The first kappa shape index (κ1) is 15.4. The second-order valence-corrected chi connectivity index (χ2v) is 6.08. The lowest BCUT2D eigenvalue weighted by molar-refractivity contribution is -0.115. The summed E-state index contributed by atoms with van der Waals surface area (Å²) in [5.74, 6) is 2.23. The Bertz CT molecular complexity index is 804. The highest BCUT2D eigenvalue weighted by atomic mass is 32.2. The number of methoxy groups -OCH3 is 1. The molecule has 0 aliphatic carbocycles. The van der Waals surface area contributed by atoms with E-state index in [9.17, 15) is 4.79 Å². The van der Waals surface area contributed by atoms with E-state index < -0.39 is 0 Å². The second-order valence-electron chi connectivity index (χ2n) is 5.05. The molecule has 1 aromatic carbocycles. The van der Waals surface area contributed by atoms with Crippen molar-refractivity contribution in [3.8, 4) is 5.75 Å². The van der Waals surface area contributed by atoms with Crippen molar-refractivity contribution < 1.29 is 13.9 Å². The minimum absolute atomic E-state index is 0.152. The molecule has 5 nitrogen and oxygen atoms in total. The average molecular weight is 328 g/mol. The minimum Gasteiger partial charge on any atom is -0.497 e. The molecular weight excluding hydrogens is 312 g/mol. The smallest absolute Gasteiger partial charge is 0.264 e. The highest BCUT2D eigenvalue weighted by molar-refractivity contribution is 8.18. The lowest BCUT2D eigenvalue weighted by atomic mass is 10.2. The van der Waals surface area contributed by atoms with Crippen LogP contribution in [0.25, 0.3) is 6.08 Å². The fraction of sp³-hybridized carbons (Fsp3) is 0.176.